The average Bonchev–Trinajstić information content (AvgIpc) is 2.74. The Labute approximate surface area is 106 Å². The first-order valence-electron chi connectivity index (χ1n) is 5.79. The Kier molecular flexibility index (Phi) is 4.15. The number of hydrogen-bond acceptors (Lipinski definition) is 4. The number of nitrogens with zero attached hydrogens (tertiary/aromatic N) is 1. The molecule has 1 amide bonds. The van der Waals surface area contributed by atoms with Crippen molar-refractivity contribution >= 4 is 17.2 Å². The molecule has 5 heteroatoms. The number of rotatable bonds is 4. The molecule has 2 heterocycles. The van der Waals surface area contributed by atoms with E-state index in [0.29, 0.717) is 13.2 Å². The minimum Gasteiger partial charge on any atom is -0.383 e. The van der Waals surface area contributed by atoms with Crippen molar-refractivity contribution in [1.29, 1.82) is 0 Å². The summed E-state index contributed by atoms with van der Waals surface area (Å²) in [5.74, 6) is 0.158. The highest BCUT2D eigenvalue weighted by atomic mass is 32.1. The van der Waals surface area contributed by atoms with Crippen molar-refractivity contribution in [2.24, 2.45) is 0 Å². The molecule has 1 aliphatic rings. The highest BCUT2D eigenvalue weighted by Gasteiger charge is 2.30. The predicted molar refractivity (Wildman–Crippen MR) is 68.3 cm³/mol. The molecule has 0 spiro atoms. The molecule has 4 nitrogen and oxygen atoms in total. The molecule has 0 fully saturated rings. The number of carbonyl (C=O) groups excluding carboxylic acids is 1. The Morgan fingerprint density at radius 2 is 2.47 bits per heavy atom. The molecule has 0 aliphatic carbocycles. The van der Waals surface area contributed by atoms with Gasteiger partial charge in [0.2, 0.25) is 5.91 Å². The fourth-order valence-electron chi connectivity index (χ4n) is 2.15. The van der Waals surface area contributed by atoms with Crippen LogP contribution in [0.15, 0.2) is 11.4 Å². The summed E-state index contributed by atoms with van der Waals surface area (Å²) in [5, 5.41) is 5.18. The van der Waals surface area contributed by atoms with Crippen LogP contribution in [0, 0.1) is 0 Å². The molecule has 1 atom stereocenters. The number of thiophene rings is 1. The minimum absolute atomic E-state index is 0.158. The summed E-state index contributed by atoms with van der Waals surface area (Å²) in [4.78, 5) is 15.4. The quantitative estimate of drug-likeness (QED) is 0.873. The smallest absolute Gasteiger partial charge is 0.245 e. The zero-order valence-corrected chi connectivity index (χ0v) is 11.0. The van der Waals surface area contributed by atoms with Crippen molar-refractivity contribution < 1.29 is 9.53 Å². The Balaban J connectivity index is 2.19. The monoisotopic (exact) mass is 254 g/mol. The molecule has 0 saturated heterocycles. The van der Waals surface area contributed by atoms with Crippen molar-refractivity contribution in [2.45, 2.75) is 12.5 Å². The largest absolute Gasteiger partial charge is 0.383 e. The lowest BCUT2D eigenvalue weighted by Gasteiger charge is -2.23. The van der Waals surface area contributed by atoms with Crippen molar-refractivity contribution in [3.05, 3.63) is 21.9 Å². The molecule has 1 aromatic rings. The van der Waals surface area contributed by atoms with Crippen molar-refractivity contribution in [3.63, 3.8) is 0 Å². The van der Waals surface area contributed by atoms with Gasteiger partial charge in [-0.25, -0.2) is 0 Å². The molecule has 2 rings (SSSR count). The predicted octanol–water partition coefficient (Wildman–Crippen LogP) is 1.04. The van der Waals surface area contributed by atoms with Gasteiger partial charge in [0.15, 0.2) is 0 Å². The van der Waals surface area contributed by atoms with Crippen LogP contribution in [0.2, 0.25) is 0 Å². The number of hydrogen-bond donors (Lipinski definition) is 1. The fourth-order valence-corrected chi connectivity index (χ4v) is 3.20. The molecule has 17 heavy (non-hydrogen) atoms. The molecule has 1 unspecified atom stereocenters. The third-order valence-electron chi connectivity index (χ3n) is 3.11. The highest BCUT2D eigenvalue weighted by Crippen LogP contribution is 2.29. The van der Waals surface area contributed by atoms with Gasteiger partial charge in [0.05, 0.1) is 6.61 Å². The van der Waals surface area contributed by atoms with Gasteiger partial charge in [0.1, 0.15) is 6.04 Å². The molecule has 0 radical (unpaired) electrons. The molecule has 0 bridgehead atoms. The summed E-state index contributed by atoms with van der Waals surface area (Å²) in [6.45, 7) is 2.04. The average molecular weight is 254 g/mol. The number of nitrogens with one attached hydrogen (secondary N) is 1. The third kappa shape index (κ3) is 2.51. The van der Waals surface area contributed by atoms with Crippen LogP contribution in [-0.4, -0.2) is 44.7 Å². The third-order valence-corrected chi connectivity index (χ3v) is 4.13. The number of ether oxygens (including phenoxy) is 1. The van der Waals surface area contributed by atoms with E-state index in [1.165, 1.54) is 5.56 Å². The minimum atomic E-state index is -0.190. The van der Waals surface area contributed by atoms with Crippen LogP contribution in [0.3, 0.4) is 0 Å². The number of fused-ring (bicyclic) bond motifs is 1. The summed E-state index contributed by atoms with van der Waals surface area (Å²) in [7, 11) is 3.50. The second-order valence-electron chi connectivity index (χ2n) is 4.10. The van der Waals surface area contributed by atoms with E-state index in [9.17, 15) is 4.79 Å². The van der Waals surface area contributed by atoms with Crippen LogP contribution in [-0.2, 0) is 16.0 Å². The maximum absolute atomic E-state index is 12.4. The van der Waals surface area contributed by atoms with E-state index in [2.05, 4.69) is 16.8 Å². The maximum atomic E-state index is 12.4. The lowest BCUT2D eigenvalue weighted by molar-refractivity contribution is -0.133. The van der Waals surface area contributed by atoms with Crippen LogP contribution in [0.4, 0.5) is 0 Å². The van der Waals surface area contributed by atoms with Crippen LogP contribution >= 0.6 is 11.3 Å². The van der Waals surface area contributed by atoms with Gasteiger partial charge in [-0.15, -0.1) is 11.3 Å². The first-order chi connectivity index (χ1) is 8.27. The van der Waals surface area contributed by atoms with Gasteiger partial charge in [-0.3, -0.25) is 4.79 Å². The van der Waals surface area contributed by atoms with Gasteiger partial charge in [-0.2, -0.15) is 0 Å². The SMILES string of the molecule is CNC1C(=O)N(CCOC)CCc2ccsc21. The summed E-state index contributed by atoms with van der Waals surface area (Å²) in [5.41, 5.74) is 1.29. The van der Waals surface area contributed by atoms with Gasteiger partial charge in [-0.05, 0) is 30.5 Å². The summed E-state index contributed by atoms with van der Waals surface area (Å²) in [6.07, 6.45) is 0.937. The first-order valence-corrected chi connectivity index (χ1v) is 6.67. The normalized spacial score (nSPS) is 20.2. The second kappa shape index (κ2) is 5.62. The van der Waals surface area contributed by atoms with Crippen LogP contribution in [0.1, 0.15) is 16.5 Å². The van der Waals surface area contributed by atoms with Crippen LogP contribution in [0.25, 0.3) is 0 Å². The Morgan fingerprint density at radius 3 is 3.18 bits per heavy atom. The number of carbonyl (C=O) groups is 1. The highest BCUT2D eigenvalue weighted by molar-refractivity contribution is 7.10. The van der Waals surface area contributed by atoms with Crippen molar-refractivity contribution in [2.75, 3.05) is 33.9 Å². The van der Waals surface area contributed by atoms with E-state index < -0.39 is 0 Å². The van der Waals surface area contributed by atoms with Crippen LogP contribution < -0.4 is 5.32 Å². The van der Waals surface area contributed by atoms with Crippen LogP contribution in [0.5, 0.6) is 0 Å². The summed E-state index contributed by atoms with van der Waals surface area (Å²) < 4.78 is 5.05. The number of methoxy groups -OCH3 is 1. The Morgan fingerprint density at radius 1 is 1.65 bits per heavy atom. The lowest BCUT2D eigenvalue weighted by atomic mass is 10.1. The van der Waals surface area contributed by atoms with E-state index in [1.54, 1.807) is 18.4 Å². The van der Waals surface area contributed by atoms with Gasteiger partial charge in [0, 0.05) is 25.1 Å². The second-order valence-corrected chi connectivity index (χ2v) is 5.05. The topological polar surface area (TPSA) is 41.6 Å². The first kappa shape index (κ1) is 12.5. The molecule has 0 saturated carbocycles. The molecular formula is C12H18N2O2S. The van der Waals surface area contributed by atoms with Gasteiger partial charge < -0.3 is 15.0 Å². The summed E-state index contributed by atoms with van der Waals surface area (Å²) in [6, 6.07) is 1.93. The van der Waals surface area contributed by atoms with E-state index in [1.807, 2.05) is 11.9 Å². The van der Waals surface area contributed by atoms with Gasteiger partial charge in [-0.1, -0.05) is 0 Å². The van der Waals surface area contributed by atoms with Crippen molar-refractivity contribution in [3.8, 4) is 0 Å². The molecular weight excluding hydrogens is 236 g/mol. The fraction of sp³-hybridized carbons (Fsp3) is 0.583. The Bertz CT molecular complexity index is 392. The number of amides is 1. The Hall–Kier alpha value is -0.910. The molecule has 0 aromatic carbocycles. The summed E-state index contributed by atoms with van der Waals surface area (Å²) >= 11 is 1.66. The maximum Gasteiger partial charge on any atom is 0.245 e. The number of likely N-dealkylation sites (N-methyl/N-ethyl adjacent to an activating group) is 1. The lowest BCUT2D eigenvalue weighted by Crippen LogP contribution is -2.40. The zero-order valence-electron chi connectivity index (χ0n) is 10.2. The van der Waals surface area contributed by atoms with Crippen molar-refractivity contribution in [1.82, 2.24) is 10.2 Å². The van der Waals surface area contributed by atoms with E-state index >= 15 is 0 Å². The van der Waals surface area contributed by atoms with E-state index in [-0.39, 0.29) is 11.9 Å². The van der Waals surface area contributed by atoms with E-state index in [0.717, 1.165) is 17.8 Å². The molecule has 1 aromatic heterocycles. The molecule has 1 N–H and O–H groups in total. The standard InChI is InChI=1S/C12H18N2O2S/c1-13-10-11-9(4-8-17-11)3-5-14(12(10)15)6-7-16-2/h4,8,10,13H,3,5-7H2,1-2H3. The van der Waals surface area contributed by atoms with Gasteiger partial charge >= 0.3 is 0 Å². The molecule has 94 valence electrons. The van der Waals surface area contributed by atoms with E-state index in [4.69, 9.17) is 4.74 Å². The van der Waals surface area contributed by atoms with Gasteiger partial charge in [0.25, 0.3) is 0 Å². The molecule has 1 aliphatic heterocycles. The zero-order chi connectivity index (χ0) is 12.3.